The van der Waals surface area contributed by atoms with Crippen LogP contribution in [-0.2, 0) is 33.2 Å². The first-order valence-corrected chi connectivity index (χ1v) is 32.8. The van der Waals surface area contributed by atoms with Crippen molar-refractivity contribution in [2.45, 2.75) is 279 Å². The number of hydrogen-bond donors (Lipinski definition) is 12. The molecule has 0 aromatic carbocycles. The second kappa shape index (κ2) is 49.8. The number of hydrogen-bond acceptors (Lipinski definition) is 18. The van der Waals surface area contributed by atoms with Gasteiger partial charge in [-0.3, -0.25) is 4.79 Å². The number of ether oxygens (including phenoxy) is 6. The molecule has 17 unspecified atom stereocenters. The van der Waals surface area contributed by atoms with Crippen molar-refractivity contribution in [3.8, 4) is 0 Å². The minimum atomic E-state index is -1.98. The van der Waals surface area contributed by atoms with Gasteiger partial charge >= 0.3 is 0 Å². The van der Waals surface area contributed by atoms with E-state index >= 15 is 0 Å². The Morgan fingerprint density at radius 3 is 1.23 bits per heavy atom. The first-order chi connectivity index (χ1) is 42.8. The van der Waals surface area contributed by atoms with Crippen molar-refractivity contribution in [3.05, 3.63) is 122 Å². The minimum Gasteiger partial charge on any atom is -0.394 e. The van der Waals surface area contributed by atoms with Crippen LogP contribution in [0.3, 0.4) is 0 Å². The lowest BCUT2D eigenvalue weighted by molar-refractivity contribution is -0.379. The summed E-state index contributed by atoms with van der Waals surface area (Å²) >= 11 is 0. The van der Waals surface area contributed by atoms with Crippen LogP contribution in [0.2, 0.25) is 0 Å². The molecule has 17 atom stereocenters. The van der Waals surface area contributed by atoms with E-state index in [1.165, 1.54) is 12.8 Å². The van der Waals surface area contributed by atoms with Gasteiger partial charge in [0.15, 0.2) is 18.9 Å². The van der Waals surface area contributed by atoms with Crippen molar-refractivity contribution in [3.63, 3.8) is 0 Å². The van der Waals surface area contributed by atoms with Gasteiger partial charge in [-0.2, -0.15) is 0 Å². The predicted molar refractivity (Wildman–Crippen MR) is 341 cm³/mol. The van der Waals surface area contributed by atoms with E-state index in [0.717, 1.165) is 122 Å². The fourth-order valence-corrected chi connectivity index (χ4v) is 10.2. The van der Waals surface area contributed by atoms with Gasteiger partial charge in [0.1, 0.15) is 73.2 Å². The highest BCUT2D eigenvalue weighted by Gasteiger charge is 2.53. The summed E-state index contributed by atoms with van der Waals surface area (Å²) in [5.74, 6) is -0.277. The molecule has 3 aliphatic heterocycles. The van der Waals surface area contributed by atoms with Gasteiger partial charge in [0, 0.05) is 6.42 Å². The van der Waals surface area contributed by atoms with Crippen molar-refractivity contribution in [1.82, 2.24) is 5.32 Å². The van der Waals surface area contributed by atoms with Gasteiger partial charge in [-0.05, 0) is 89.9 Å². The van der Waals surface area contributed by atoms with Crippen LogP contribution in [0.4, 0.5) is 0 Å². The van der Waals surface area contributed by atoms with E-state index in [-0.39, 0.29) is 18.9 Å². The molecule has 19 nitrogen and oxygen atoms in total. The molecule has 1 amide bonds. The highest BCUT2D eigenvalue weighted by atomic mass is 16.8. The monoisotopic (exact) mass is 1240 g/mol. The molecule has 12 N–H and O–H groups in total. The zero-order valence-electron chi connectivity index (χ0n) is 52.6. The standard InChI is InChI=1S/C69H113NO18/c1-3-5-7-9-11-13-14-15-16-17-18-19-20-21-22-23-24-25-26-27-28-29-30-31-32-33-34-35-36-37-38-39-41-43-45-47-57(75)70-52(53(74)46-44-42-40-12-10-8-6-4-2)51-83-67-63(81)60(78)65(55(49-72)85-67)88-69-64(82)61(79)66(56(50-73)86-69)87-68-62(80)59(77)58(76)54(48-71)84-68/h5,7,11,13,15-16,18-19,21-22,24-25,27-28,30-31,33-34,36-37,52-56,58-69,71-74,76-82H,3-4,6,8-10,12,14,17,20,23,26,29,32,35,38-51H2,1-2H3,(H,70,75)/b7-5-,13-11-,16-15-,19-18-,22-21-,25-24-,28-27-,31-30-,34-33-,37-36-. The Balaban J connectivity index is 1.36. The van der Waals surface area contributed by atoms with Crippen LogP contribution in [-0.4, -0.2) is 193 Å². The van der Waals surface area contributed by atoms with E-state index in [4.69, 9.17) is 28.4 Å². The van der Waals surface area contributed by atoms with Crippen LogP contribution < -0.4 is 5.32 Å². The second-order valence-electron chi connectivity index (χ2n) is 22.8. The van der Waals surface area contributed by atoms with Gasteiger partial charge in [-0.25, -0.2) is 0 Å². The highest BCUT2D eigenvalue weighted by molar-refractivity contribution is 5.76. The molecular weight excluding hydrogens is 1130 g/mol. The molecule has 3 aliphatic rings. The number of allylic oxidation sites excluding steroid dienone is 20. The third-order valence-electron chi connectivity index (χ3n) is 15.6. The van der Waals surface area contributed by atoms with Crippen molar-refractivity contribution in [2.75, 3.05) is 26.4 Å². The van der Waals surface area contributed by atoms with E-state index in [1.807, 2.05) is 0 Å². The molecule has 0 spiro atoms. The van der Waals surface area contributed by atoms with Crippen LogP contribution in [0.5, 0.6) is 0 Å². The van der Waals surface area contributed by atoms with Crippen molar-refractivity contribution in [2.24, 2.45) is 0 Å². The Bertz CT molecular complexity index is 2070. The molecular formula is C69H113NO18. The van der Waals surface area contributed by atoms with Gasteiger partial charge in [0.2, 0.25) is 5.91 Å². The van der Waals surface area contributed by atoms with Crippen LogP contribution >= 0.6 is 0 Å². The number of aliphatic hydroxyl groups excluding tert-OH is 11. The molecule has 0 saturated carbocycles. The maximum Gasteiger partial charge on any atom is 0.220 e. The number of nitrogens with one attached hydrogen (secondary N) is 1. The van der Waals surface area contributed by atoms with Gasteiger partial charge in [0.25, 0.3) is 0 Å². The summed E-state index contributed by atoms with van der Waals surface area (Å²) in [6, 6.07) is -0.908. The molecule has 88 heavy (non-hydrogen) atoms. The Labute approximate surface area is 525 Å². The Morgan fingerprint density at radius 1 is 0.420 bits per heavy atom. The van der Waals surface area contributed by atoms with Crippen LogP contribution in [0.15, 0.2) is 122 Å². The number of aliphatic hydroxyl groups is 11. The maximum absolute atomic E-state index is 13.3. The molecule has 0 aromatic rings. The Morgan fingerprint density at radius 2 is 0.784 bits per heavy atom. The number of amides is 1. The molecule has 0 bridgehead atoms. The van der Waals surface area contributed by atoms with E-state index in [9.17, 15) is 61.0 Å². The molecule has 0 aliphatic carbocycles. The fourth-order valence-electron chi connectivity index (χ4n) is 10.2. The lowest BCUT2D eigenvalue weighted by atomic mass is 9.96. The minimum absolute atomic E-state index is 0.227. The molecule has 3 saturated heterocycles. The van der Waals surface area contributed by atoms with Crippen LogP contribution in [0.1, 0.15) is 174 Å². The van der Waals surface area contributed by atoms with E-state index < -0.39 is 124 Å². The van der Waals surface area contributed by atoms with E-state index in [1.54, 1.807) is 0 Å². The molecule has 3 heterocycles. The topological polar surface area (TPSA) is 307 Å². The average Bonchev–Trinajstić information content (AvgIpc) is 1.15. The molecule has 3 rings (SSSR count). The molecule has 502 valence electrons. The average molecular weight is 1240 g/mol. The summed E-state index contributed by atoms with van der Waals surface area (Å²) in [6.45, 7) is 1.58. The van der Waals surface area contributed by atoms with Crippen molar-refractivity contribution < 1.29 is 89.4 Å². The van der Waals surface area contributed by atoms with Gasteiger partial charge in [-0.15, -0.1) is 0 Å². The number of unbranched alkanes of at least 4 members (excludes halogenated alkanes) is 11. The zero-order chi connectivity index (χ0) is 64.0. The van der Waals surface area contributed by atoms with Gasteiger partial charge in [-0.1, -0.05) is 200 Å². The largest absolute Gasteiger partial charge is 0.394 e. The van der Waals surface area contributed by atoms with Crippen molar-refractivity contribution >= 4 is 5.91 Å². The number of carbonyl (C=O) groups is 1. The van der Waals surface area contributed by atoms with Crippen LogP contribution in [0.25, 0.3) is 0 Å². The molecule has 0 aromatic heterocycles. The third-order valence-corrected chi connectivity index (χ3v) is 15.6. The summed E-state index contributed by atoms with van der Waals surface area (Å²) in [4.78, 5) is 13.3. The Kier molecular flexibility index (Phi) is 44.4. The Hall–Kier alpha value is -3.81. The SMILES string of the molecule is CC/C=C\C/C=C\C/C=C\C/C=C\C/C=C\C/C=C\C/C=C\C/C=C\C/C=C\C/C=C\CCCCCCC(=O)NC(COC1OC(CO)C(OC2OC(CO)C(OC3OC(CO)C(O)C(O)C3O)C(O)C2O)C(O)C1O)C(O)CCCCCCCCCC. The maximum atomic E-state index is 13.3. The predicted octanol–water partition coefficient (Wildman–Crippen LogP) is 7.65. The lowest BCUT2D eigenvalue weighted by Gasteiger charge is -2.48. The number of carbonyl (C=O) groups excluding carboxylic acids is 1. The van der Waals surface area contributed by atoms with E-state index in [2.05, 4.69) is 141 Å². The van der Waals surface area contributed by atoms with Gasteiger partial charge < -0.3 is 89.9 Å². The summed E-state index contributed by atoms with van der Waals surface area (Å²) in [6.07, 6.45) is 40.4. The van der Waals surface area contributed by atoms with Crippen molar-refractivity contribution in [1.29, 1.82) is 0 Å². The third kappa shape index (κ3) is 32.0. The van der Waals surface area contributed by atoms with Crippen LogP contribution in [0, 0.1) is 0 Å². The quantitative estimate of drug-likeness (QED) is 0.0206. The molecule has 3 fully saturated rings. The van der Waals surface area contributed by atoms with E-state index in [0.29, 0.717) is 19.3 Å². The zero-order valence-corrected chi connectivity index (χ0v) is 52.6. The first kappa shape index (κ1) is 78.4. The summed E-state index contributed by atoms with van der Waals surface area (Å²) in [5, 5.41) is 120. The smallest absolute Gasteiger partial charge is 0.220 e. The number of rotatable bonds is 47. The normalized spacial score (nSPS) is 29.2. The summed E-state index contributed by atoms with van der Waals surface area (Å²) in [7, 11) is 0. The van der Waals surface area contributed by atoms with Gasteiger partial charge in [0.05, 0.1) is 38.6 Å². The molecule has 19 heteroatoms. The highest BCUT2D eigenvalue weighted by Crippen LogP contribution is 2.33. The summed E-state index contributed by atoms with van der Waals surface area (Å²) in [5.41, 5.74) is 0. The first-order valence-electron chi connectivity index (χ1n) is 32.8. The fraction of sp³-hybridized carbons (Fsp3) is 0.696. The lowest BCUT2D eigenvalue weighted by Crippen LogP contribution is -2.66. The molecule has 0 radical (unpaired) electrons. The second-order valence-corrected chi connectivity index (χ2v) is 22.8. The summed E-state index contributed by atoms with van der Waals surface area (Å²) < 4.78 is 34.2.